The number of hydrogen-bond acceptors (Lipinski definition) is 5. The van der Waals surface area contributed by atoms with E-state index in [2.05, 4.69) is 17.9 Å². The Morgan fingerprint density at radius 2 is 2.17 bits per heavy atom. The number of hydrogen-bond donors (Lipinski definition) is 2. The van der Waals surface area contributed by atoms with Gasteiger partial charge in [-0.25, -0.2) is 4.79 Å². The third-order valence-corrected chi connectivity index (χ3v) is 1.51. The lowest BCUT2D eigenvalue weighted by atomic mass is 10.3. The third kappa shape index (κ3) is 2.50. The molecule has 0 bridgehead atoms. The zero-order valence-electron chi connectivity index (χ0n) is 6.30. The molecule has 7 heteroatoms. The molecule has 1 amide bonds. The summed E-state index contributed by atoms with van der Waals surface area (Å²) >= 11 is 3.67. The molecular weight excluding hydrogens is 184 g/mol. The second-order valence-electron chi connectivity index (χ2n) is 1.98. The molecule has 0 spiro atoms. The van der Waals surface area contributed by atoms with Crippen LogP contribution < -0.4 is 0 Å². The van der Waals surface area contributed by atoms with Crippen LogP contribution in [0.25, 0.3) is 0 Å². The molecule has 0 radical (unpaired) electrons. The minimum Gasteiger partial charge on any atom is -0.480 e. The first-order valence-electron chi connectivity index (χ1n) is 3.01. The summed E-state index contributed by atoms with van der Waals surface area (Å²) in [5, 5.41) is 11.1. The van der Waals surface area contributed by atoms with Gasteiger partial charge in [-0.3, -0.25) is 4.79 Å². The number of nitroso groups, excluding NO2 is 1. The SMILES string of the molecule is CC(=O)N(N=O)C(CS)C(=O)O. The molecule has 1 unspecified atom stereocenters. The molecule has 0 saturated carbocycles. The fourth-order valence-electron chi connectivity index (χ4n) is 0.594. The van der Waals surface area contributed by atoms with E-state index in [1.165, 1.54) is 0 Å². The lowest BCUT2D eigenvalue weighted by molar-refractivity contribution is -0.148. The number of carboxylic acid groups (broad SMARTS) is 1. The highest BCUT2D eigenvalue weighted by Crippen LogP contribution is 2.03. The van der Waals surface area contributed by atoms with Gasteiger partial charge in [-0.1, -0.05) is 0 Å². The van der Waals surface area contributed by atoms with Gasteiger partial charge in [0, 0.05) is 12.7 Å². The highest BCUT2D eigenvalue weighted by atomic mass is 32.1. The zero-order valence-corrected chi connectivity index (χ0v) is 7.19. The third-order valence-electron chi connectivity index (χ3n) is 1.16. The molecule has 0 aromatic carbocycles. The number of nitrogens with zero attached hydrogens (tertiary/aromatic N) is 2. The van der Waals surface area contributed by atoms with Crippen LogP contribution in [0.3, 0.4) is 0 Å². The topological polar surface area (TPSA) is 87.0 Å². The van der Waals surface area contributed by atoms with Gasteiger partial charge >= 0.3 is 5.97 Å². The van der Waals surface area contributed by atoms with Crippen LogP contribution in [0.4, 0.5) is 0 Å². The molecule has 0 fully saturated rings. The normalized spacial score (nSPS) is 11.8. The Morgan fingerprint density at radius 3 is 2.25 bits per heavy atom. The van der Waals surface area contributed by atoms with Crippen molar-refractivity contribution >= 4 is 24.5 Å². The second-order valence-corrected chi connectivity index (χ2v) is 2.35. The molecule has 0 aliphatic heterocycles. The van der Waals surface area contributed by atoms with Crippen LogP contribution in [-0.4, -0.2) is 33.8 Å². The predicted molar refractivity (Wildman–Crippen MR) is 43.6 cm³/mol. The molecule has 0 heterocycles. The van der Waals surface area contributed by atoms with Gasteiger partial charge in [0.05, 0.1) is 5.29 Å². The molecule has 1 N–H and O–H groups in total. The summed E-state index contributed by atoms with van der Waals surface area (Å²) in [6, 6.07) is -1.29. The fraction of sp³-hybridized carbons (Fsp3) is 0.600. The van der Waals surface area contributed by atoms with Crippen LogP contribution in [0, 0.1) is 4.91 Å². The molecule has 0 aliphatic rings. The van der Waals surface area contributed by atoms with Gasteiger partial charge in [-0.15, -0.1) is 4.91 Å². The summed E-state index contributed by atoms with van der Waals surface area (Å²) in [5.74, 6) is -2.17. The number of carboxylic acids is 1. The molecule has 1 atom stereocenters. The number of aliphatic carboxylic acids is 1. The number of carbonyl (C=O) groups excluding carboxylic acids is 1. The van der Waals surface area contributed by atoms with E-state index in [9.17, 15) is 14.5 Å². The fourth-order valence-corrected chi connectivity index (χ4v) is 0.905. The van der Waals surface area contributed by atoms with Crippen LogP contribution in [-0.2, 0) is 9.59 Å². The largest absolute Gasteiger partial charge is 0.480 e. The number of thiol groups is 1. The standard InChI is InChI=1S/C5H8N2O4S/c1-3(8)7(6-11)4(2-12)5(9)10/h4,12H,2H2,1H3,(H,9,10). The molecule has 12 heavy (non-hydrogen) atoms. The lowest BCUT2D eigenvalue weighted by Gasteiger charge is -2.16. The number of amides is 1. The van der Waals surface area contributed by atoms with E-state index in [0.717, 1.165) is 6.92 Å². The first kappa shape index (κ1) is 10.9. The number of carbonyl (C=O) groups is 2. The molecule has 0 aromatic rings. The van der Waals surface area contributed by atoms with E-state index in [1.54, 1.807) is 0 Å². The Kier molecular flexibility index (Phi) is 4.27. The van der Waals surface area contributed by atoms with Gasteiger partial charge in [-0.05, 0) is 0 Å². The number of rotatable bonds is 4. The van der Waals surface area contributed by atoms with Crippen LogP contribution in [0.1, 0.15) is 6.92 Å². The van der Waals surface area contributed by atoms with Crippen molar-refractivity contribution in [3.8, 4) is 0 Å². The first-order valence-corrected chi connectivity index (χ1v) is 3.64. The van der Waals surface area contributed by atoms with Gasteiger partial charge in [0.1, 0.15) is 0 Å². The van der Waals surface area contributed by atoms with Crippen LogP contribution in [0.15, 0.2) is 5.29 Å². The van der Waals surface area contributed by atoms with Gasteiger partial charge < -0.3 is 5.11 Å². The highest BCUT2D eigenvalue weighted by molar-refractivity contribution is 7.80. The van der Waals surface area contributed by atoms with Gasteiger partial charge in [0.15, 0.2) is 6.04 Å². The van der Waals surface area contributed by atoms with Crippen molar-refractivity contribution in [1.82, 2.24) is 5.01 Å². The summed E-state index contributed by atoms with van der Waals surface area (Å²) in [6.45, 7) is 1.06. The zero-order chi connectivity index (χ0) is 9.72. The Bertz CT molecular complexity index is 208. The summed E-state index contributed by atoms with van der Waals surface area (Å²) in [6.07, 6.45) is 0. The first-order chi connectivity index (χ1) is 5.54. The van der Waals surface area contributed by atoms with Crippen molar-refractivity contribution in [2.45, 2.75) is 13.0 Å². The molecule has 0 aromatic heterocycles. The molecule has 0 saturated heterocycles. The van der Waals surface area contributed by atoms with E-state index in [0.29, 0.717) is 5.01 Å². The minimum absolute atomic E-state index is 0.152. The van der Waals surface area contributed by atoms with Gasteiger partial charge in [0.25, 0.3) is 0 Å². The Hall–Kier alpha value is -1.11. The summed E-state index contributed by atoms with van der Waals surface area (Å²) < 4.78 is 0. The molecular formula is C5H8N2O4S. The summed E-state index contributed by atoms with van der Waals surface area (Å²) in [5.41, 5.74) is 0. The molecule has 0 aliphatic carbocycles. The van der Waals surface area contributed by atoms with Gasteiger partial charge in [-0.2, -0.15) is 17.6 Å². The van der Waals surface area contributed by atoms with Crippen LogP contribution >= 0.6 is 12.6 Å². The van der Waals surface area contributed by atoms with Crippen molar-refractivity contribution < 1.29 is 14.7 Å². The van der Waals surface area contributed by atoms with E-state index in [1.807, 2.05) is 0 Å². The maximum atomic E-state index is 10.6. The Balaban J connectivity index is 4.55. The predicted octanol–water partition coefficient (Wildman–Crippen LogP) is -0.101. The van der Waals surface area contributed by atoms with Crippen LogP contribution in [0.5, 0.6) is 0 Å². The molecule has 0 rings (SSSR count). The van der Waals surface area contributed by atoms with Crippen molar-refractivity contribution in [2.24, 2.45) is 5.29 Å². The summed E-state index contributed by atoms with van der Waals surface area (Å²) in [4.78, 5) is 31.0. The van der Waals surface area contributed by atoms with Crippen LogP contribution in [0.2, 0.25) is 0 Å². The monoisotopic (exact) mass is 192 g/mol. The smallest absolute Gasteiger partial charge is 0.329 e. The second kappa shape index (κ2) is 4.70. The Labute approximate surface area is 73.9 Å². The van der Waals surface area contributed by atoms with E-state index < -0.39 is 17.9 Å². The van der Waals surface area contributed by atoms with Crippen molar-refractivity contribution in [2.75, 3.05) is 5.75 Å². The quantitative estimate of drug-likeness (QED) is 0.370. The average molecular weight is 192 g/mol. The van der Waals surface area contributed by atoms with Crippen molar-refractivity contribution in [3.05, 3.63) is 4.91 Å². The van der Waals surface area contributed by atoms with Crippen molar-refractivity contribution in [3.63, 3.8) is 0 Å². The maximum Gasteiger partial charge on any atom is 0.329 e. The highest BCUT2D eigenvalue weighted by Gasteiger charge is 2.27. The van der Waals surface area contributed by atoms with Crippen molar-refractivity contribution in [1.29, 1.82) is 0 Å². The molecule has 6 nitrogen and oxygen atoms in total. The van der Waals surface area contributed by atoms with E-state index in [4.69, 9.17) is 5.11 Å². The van der Waals surface area contributed by atoms with E-state index in [-0.39, 0.29) is 5.75 Å². The Morgan fingerprint density at radius 1 is 1.67 bits per heavy atom. The molecule has 68 valence electrons. The maximum absolute atomic E-state index is 10.6. The lowest BCUT2D eigenvalue weighted by Crippen LogP contribution is -2.41. The van der Waals surface area contributed by atoms with E-state index >= 15 is 0 Å². The minimum atomic E-state index is -1.31. The average Bonchev–Trinajstić information content (AvgIpc) is 1.98. The van der Waals surface area contributed by atoms with Gasteiger partial charge in [0.2, 0.25) is 5.91 Å². The summed E-state index contributed by atoms with van der Waals surface area (Å²) in [7, 11) is 0.